The van der Waals surface area contributed by atoms with Gasteiger partial charge in [0.2, 0.25) is 0 Å². The van der Waals surface area contributed by atoms with Gasteiger partial charge in [-0.2, -0.15) is 5.10 Å². The Balaban J connectivity index is 1.44. The molecule has 3 heterocycles. The lowest BCUT2D eigenvalue weighted by Gasteiger charge is -2.33. The maximum Gasteiger partial charge on any atom is 0.257 e. The molecule has 1 aliphatic heterocycles. The standard InChI is InChI=1S/C20H23N7O/c1-14-4-2-3-5-16(14)20(28)25-18-6-9-24-27(18)15-7-10-26(11-8-15)19-12-17(21)22-13-23-19/h2-6,9,12-13,15H,7-8,10-11H2,1H3,(H,25,28)(H2,21,22,23). The molecule has 1 aliphatic rings. The molecule has 8 heteroatoms. The largest absolute Gasteiger partial charge is 0.384 e. The average Bonchev–Trinajstić information content (AvgIpc) is 3.16. The third-order valence-electron chi connectivity index (χ3n) is 5.11. The third-order valence-corrected chi connectivity index (χ3v) is 5.11. The van der Waals surface area contributed by atoms with Crippen LogP contribution < -0.4 is 16.0 Å². The molecule has 2 aromatic heterocycles. The molecule has 1 aromatic carbocycles. The molecule has 0 saturated carbocycles. The Morgan fingerprint density at radius 3 is 2.71 bits per heavy atom. The summed E-state index contributed by atoms with van der Waals surface area (Å²) in [6, 6.07) is 11.4. The minimum atomic E-state index is -0.117. The molecule has 28 heavy (non-hydrogen) atoms. The number of amides is 1. The van der Waals surface area contributed by atoms with Crippen LogP contribution in [0.15, 0.2) is 48.9 Å². The van der Waals surface area contributed by atoms with E-state index in [-0.39, 0.29) is 11.9 Å². The normalized spacial score (nSPS) is 14.8. The zero-order valence-corrected chi connectivity index (χ0v) is 15.7. The Kier molecular flexibility index (Phi) is 4.92. The van der Waals surface area contributed by atoms with Crippen LogP contribution >= 0.6 is 0 Å². The maximum absolute atomic E-state index is 12.7. The van der Waals surface area contributed by atoms with Crippen molar-refractivity contribution >= 4 is 23.4 Å². The predicted molar refractivity (Wildman–Crippen MR) is 108 cm³/mol. The summed E-state index contributed by atoms with van der Waals surface area (Å²) in [5, 5.41) is 7.46. The molecule has 0 atom stereocenters. The molecular weight excluding hydrogens is 354 g/mol. The first-order chi connectivity index (χ1) is 13.6. The highest BCUT2D eigenvalue weighted by atomic mass is 16.1. The van der Waals surface area contributed by atoms with Gasteiger partial charge in [-0.05, 0) is 31.4 Å². The summed E-state index contributed by atoms with van der Waals surface area (Å²) in [4.78, 5) is 23.1. The van der Waals surface area contributed by atoms with Crippen LogP contribution in [0.5, 0.6) is 0 Å². The highest BCUT2D eigenvalue weighted by Crippen LogP contribution is 2.28. The summed E-state index contributed by atoms with van der Waals surface area (Å²) in [6.07, 6.45) is 5.02. The Morgan fingerprint density at radius 1 is 1.18 bits per heavy atom. The van der Waals surface area contributed by atoms with Gasteiger partial charge in [-0.25, -0.2) is 14.6 Å². The van der Waals surface area contributed by atoms with Crippen molar-refractivity contribution in [3.05, 3.63) is 60.0 Å². The highest BCUT2D eigenvalue weighted by molar-refractivity contribution is 6.04. The molecule has 0 bridgehead atoms. The van der Waals surface area contributed by atoms with Gasteiger partial charge in [-0.1, -0.05) is 18.2 Å². The number of rotatable bonds is 4. The van der Waals surface area contributed by atoms with Crippen LogP contribution in [0.3, 0.4) is 0 Å². The summed E-state index contributed by atoms with van der Waals surface area (Å²) in [5.74, 6) is 1.92. The number of piperidine rings is 1. The lowest BCUT2D eigenvalue weighted by atomic mass is 10.1. The number of hydrogen-bond acceptors (Lipinski definition) is 6. The minimum Gasteiger partial charge on any atom is -0.384 e. The molecule has 1 amide bonds. The number of aryl methyl sites for hydroxylation is 1. The van der Waals surface area contributed by atoms with Crippen LogP contribution in [0.4, 0.5) is 17.5 Å². The van der Waals surface area contributed by atoms with Crippen molar-refractivity contribution in [2.24, 2.45) is 0 Å². The third kappa shape index (κ3) is 3.66. The fourth-order valence-electron chi connectivity index (χ4n) is 3.59. The number of benzene rings is 1. The molecule has 0 spiro atoms. The quantitative estimate of drug-likeness (QED) is 0.725. The second-order valence-corrected chi connectivity index (χ2v) is 6.95. The number of nitrogens with two attached hydrogens (primary N) is 1. The second-order valence-electron chi connectivity index (χ2n) is 6.95. The number of nitrogens with zero attached hydrogens (tertiary/aromatic N) is 5. The van der Waals surface area contributed by atoms with Crippen LogP contribution in [0.2, 0.25) is 0 Å². The van der Waals surface area contributed by atoms with Crippen LogP contribution in [-0.4, -0.2) is 38.7 Å². The van der Waals surface area contributed by atoms with Crippen molar-refractivity contribution < 1.29 is 4.79 Å². The molecule has 1 fully saturated rings. The lowest BCUT2D eigenvalue weighted by Crippen LogP contribution is -2.36. The smallest absolute Gasteiger partial charge is 0.257 e. The summed E-state index contributed by atoms with van der Waals surface area (Å²) in [7, 11) is 0. The van der Waals surface area contributed by atoms with Crippen molar-refractivity contribution in [2.45, 2.75) is 25.8 Å². The Labute approximate surface area is 163 Å². The van der Waals surface area contributed by atoms with E-state index in [1.165, 1.54) is 6.33 Å². The van der Waals surface area contributed by atoms with E-state index < -0.39 is 0 Å². The first kappa shape index (κ1) is 18.0. The summed E-state index contributed by atoms with van der Waals surface area (Å²) in [5.41, 5.74) is 7.38. The van der Waals surface area contributed by atoms with E-state index in [4.69, 9.17) is 5.73 Å². The number of anilines is 3. The van der Waals surface area contributed by atoms with Gasteiger partial charge < -0.3 is 16.0 Å². The van der Waals surface area contributed by atoms with E-state index in [1.807, 2.05) is 41.9 Å². The topological polar surface area (TPSA) is 102 Å². The first-order valence-corrected chi connectivity index (χ1v) is 9.35. The number of carbonyl (C=O) groups excluding carboxylic acids is 1. The van der Waals surface area contributed by atoms with Gasteiger partial charge in [0.1, 0.15) is 23.8 Å². The van der Waals surface area contributed by atoms with E-state index in [9.17, 15) is 4.79 Å². The van der Waals surface area contributed by atoms with E-state index in [1.54, 1.807) is 12.3 Å². The van der Waals surface area contributed by atoms with Gasteiger partial charge in [-0.3, -0.25) is 4.79 Å². The van der Waals surface area contributed by atoms with E-state index >= 15 is 0 Å². The molecule has 0 aliphatic carbocycles. The predicted octanol–water partition coefficient (Wildman–Crippen LogP) is 2.66. The second kappa shape index (κ2) is 7.67. The van der Waals surface area contributed by atoms with E-state index in [0.717, 1.165) is 43.1 Å². The maximum atomic E-state index is 12.7. The van der Waals surface area contributed by atoms with E-state index in [2.05, 4.69) is 25.3 Å². The van der Waals surface area contributed by atoms with Gasteiger partial charge >= 0.3 is 0 Å². The van der Waals surface area contributed by atoms with Crippen molar-refractivity contribution in [2.75, 3.05) is 29.0 Å². The molecule has 0 unspecified atom stereocenters. The Bertz CT molecular complexity index is 976. The first-order valence-electron chi connectivity index (χ1n) is 9.35. The number of hydrogen-bond donors (Lipinski definition) is 2. The van der Waals surface area contributed by atoms with Gasteiger partial charge in [0.25, 0.3) is 5.91 Å². The van der Waals surface area contributed by atoms with Gasteiger partial charge in [-0.15, -0.1) is 0 Å². The SMILES string of the molecule is Cc1ccccc1C(=O)Nc1ccnn1C1CCN(c2cc(N)ncn2)CC1. The lowest BCUT2D eigenvalue weighted by molar-refractivity contribution is 0.102. The molecule has 0 radical (unpaired) electrons. The van der Waals surface area contributed by atoms with Crippen LogP contribution in [-0.2, 0) is 0 Å². The van der Waals surface area contributed by atoms with Crippen molar-refractivity contribution in [1.82, 2.24) is 19.7 Å². The van der Waals surface area contributed by atoms with Crippen LogP contribution in [0.1, 0.15) is 34.8 Å². The van der Waals surface area contributed by atoms with Crippen molar-refractivity contribution in [1.29, 1.82) is 0 Å². The molecular formula is C20H23N7O. The average molecular weight is 377 g/mol. The number of nitrogen functional groups attached to an aromatic ring is 1. The summed E-state index contributed by atoms with van der Waals surface area (Å²) in [6.45, 7) is 3.61. The molecule has 144 valence electrons. The molecule has 8 nitrogen and oxygen atoms in total. The Morgan fingerprint density at radius 2 is 1.96 bits per heavy atom. The molecule has 4 rings (SSSR count). The number of nitrogens with one attached hydrogen (secondary N) is 1. The zero-order chi connectivity index (χ0) is 19.5. The molecule has 3 N–H and O–H groups in total. The molecule has 1 saturated heterocycles. The summed E-state index contributed by atoms with van der Waals surface area (Å²) >= 11 is 0. The van der Waals surface area contributed by atoms with Crippen molar-refractivity contribution in [3.63, 3.8) is 0 Å². The minimum absolute atomic E-state index is 0.117. The number of carbonyl (C=O) groups is 1. The van der Waals surface area contributed by atoms with Crippen molar-refractivity contribution in [3.8, 4) is 0 Å². The zero-order valence-electron chi connectivity index (χ0n) is 15.7. The fraction of sp³-hybridized carbons (Fsp3) is 0.300. The van der Waals surface area contributed by atoms with Gasteiger partial charge in [0.15, 0.2) is 0 Å². The number of aromatic nitrogens is 4. The summed E-state index contributed by atoms with van der Waals surface area (Å²) < 4.78 is 1.92. The highest BCUT2D eigenvalue weighted by Gasteiger charge is 2.24. The van der Waals surface area contributed by atoms with Gasteiger partial charge in [0.05, 0.1) is 12.2 Å². The fourth-order valence-corrected chi connectivity index (χ4v) is 3.59. The monoisotopic (exact) mass is 377 g/mol. The van der Waals surface area contributed by atoms with E-state index in [0.29, 0.717) is 11.4 Å². The van der Waals surface area contributed by atoms with Crippen LogP contribution in [0.25, 0.3) is 0 Å². The molecule has 3 aromatic rings. The Hall–Kier alpha value is -3.42. The van der Waals surface area contributed by atoms with Crippen LogP contribution in [0, 0.1) is 6.92 Å². The van der Waals surface area contributed by atoms with Gasteiger partial charge in [0, 0.05) is 30.8 Å².